The summed E-state index contributed by atoms with van der Waals surface area (Å²) in [5.41, 5.74) is 1.78. The van der Waals surface area contributed by atoms with E-state index in [4.69, 9.17) is 0 Å². The highest BCUT2D eigenvalue weighted by atomic mass is 19.1. The van der Waals surface area contributed by atoms with Crippen LogP contribution in [0.25, 0.3) is 0 Å². The quantitative estimate of drug-likeness (QED) is 0.858. The van der Waals surface area contributed by atoms with E-state index in [2.05, 4.69) is 15.4 Å². The summed E-state index contributed by atoms with van der Waals surface area (Å²) in [7, 11) is 1.82. The van der Waals surface area contributed by atoms with Crippen molar-refractivity contribution in [2.45, 2.75) is 13.5 Å². The second-order valence-electron chi connectivity index (χ2n) is 3.61. The van der Waals surface area contributed by atoms with Crippen LogP contribution in [0.2, 0.25) is 0 Å². The van der Waals surface area contributed by atoms with Crippen molar-refractivity contribution in [2.24, 2.45) is 7.05 Å². The maximum absolute atomic E-state index is 13.0. The van der Waals surface area contributed by atoms with Gasteiger partial charge < -0.3 is 5.32 Å². The van der Waals surface area contributed by atoms with Crippen LogP contribution in [0.5, 0.6) is 0 Å². The fourth-order valence-corrected chi connectivity index (χ4v) is 1.44. The number of hydrogen-bond donors (Lipinski definition) is 1. The summed E-state index contributed by atoms with van der Waals surface area (Å²) in [6.07, 6.45) is 1.50. The fraction of sp³-hybridized carbons (Fsp3) is 0.273. The molecular formula is C11H13FN4. The second kappa shape index (κ2) is 4.30. The van der Waals surface area contributed by atoms with Gasteiger partial charge in [-0.25, -0.2) is 9.37 Å². The summed E-state index contributed by atoms with van der Waals surface area (Å²) in [4.78, 5) is 4.08. The van der Waals surface area contributed by atoms with Crippen LogP contribution in [0.1, 0.15) is 11.4 Å². The zero-order chi connectivity index (χ0) is 11.5. The van der Waals surface area contributed by atoms with E-state index < -0.39 is 0 Å². The minimum atomic E-state index is -0.244. The Morgan fingerprint density at radius 3 is 2.94 bits per heavy atom. The molecule has 1 N–H and O–H groups in total. The summed E-state index contributed by atoms with van der Waals surface area (Å²) in [5, 5.41) is 7.09. The fourth-order valence-electron chi connectivity index (χ4n) is 1.44. The van der Waals surface area contributed by atoms with E-state index in [0.29, 0.717) is 6.54 Å². The minimum Gasteiger partial charge on any atom is -0.377 e. The third kappa shape index (κ3) is 2.18. The number of aromatic nitrogens is 3. The first-order valence-corrected chi connectivity index (χ1v) is 4.99. The van der Waals surface area contributed by atoms with E-state index in [-0.39, 0.29) is 5.82 Å². The number of nitrogens with one attached hydrogen (secondary N) is 1. The molecule has 0 aliphatic carbocycles. The average molecular weight is 220 g/mol. The summed E-state index contributed by atoms with van der Waals surface area (Å²) in [6, 6.07) is 4.67. The second-order valence-corrected chi connectivity index (χ2v) is 3.61. The lowest BCUT2D eigenvalue weighted by atomic mass is 10.2. The maximum Gasteiger partial charge on any atom is 0.145 e. The van der Waals surface area contributed by atoms with Crippen molar-refractivity contribution in [3.8, 4) is 0 Å². The van der Waals surface area contributed by atoms with Crippen LogP contribution >= 0.6 is 0 Å². The van der Waals surface area contributed by atoms with Crippen molar-refractivity contribution >= 4 is 5.69 Å². The SMILES string of the molecule is Cc1ccc(F)cc1NCc1ncnn1C. The average Bonchev–Trinajstić information content (AvgIpc) is 2.66. The van der Waals surface area contributed by atoms with Crippen molar-refractivity contribution < 1.29 is 4.39 Å². The van der Waals surface area contributed by atoms with Gasteiger partial charge in [0.15, 0.2) is 0 Å². The van der Waals surface area contributed by atoms with Gasteiger partial charge in [0.25, 0.3) is 0 Å². The minimum absolute atomic E-state index is 0.244. The number of rotatable bonds is 3. The van der Waals surface area contributed by atoms with Gasteiger partial charge in [-0.2, -0.15) is 5.10 Å². The number of aryl methyl sites for hydroxylation is 2. The molecule has 84 valence electrons. The van der Waals surface area contributed by atoms with Gasteiger partial charge in [-0.15, -0.1) is 0 Å². The van der Waals surface area contributed by atoms with E-state index in [1.807, 2.05) is 14.0 Å². The van der Waals surface area contributed by atoms with Gasteiger partial charge in [0.2, 0.25) is 0 Å². The van der Waals surface area contributed by atoms with Crippen LogP contribution in [0.4, 0.5) is 10.1 Å². The third-order valence-electron chi connectivity index (χ3n) is 2.44. The maximum atomic E-state index is 13.0. The highest BCUT2D eigenvalue weighted by molar-refractivity contribution is 5.50. The Balaban J connectivity index is 2.10. The first kappa shape index (κ1) is 10.6. The lowest BCUT2D eigenvalue weighted by Gasteiger charge is -2.08. The van der Waals surface area contributed by atoms with Crippen LogP contribution in [-0.4, -0.2) is 14.8 Å². The van der Waals surface area contributed by atoms with E-state index in [1.54, 1.807) is 10.7 Å². The Morgan fingerprint density at radius 2 is 2.25 bits per heavy atom. The van der Waals surface area contributed by atoms with E-state index in [1.165, 1.54) is 18.5 Å². The molecule has 1 heterocycles. The number of nitrogens with zero attached hydrogens (tertiary/aromatic N) is 3. The smallest absolute Gasteiger partial charge is 0.145 e. The molecule has 0 bridgehead atoms. The third-order valence-corrected chi connectivity index (χ3v) is 2.44. The number of anilines is 1. The van der Waals surface area contributed by atoms with Gasteiger partial charge in [0.1, 0.15) is 18.0 Å². The van der Waals surface area contributed by atoms with E-state index in [9.17, 15) is 4.39 Å². The summed E-state index contributed by atoms with van der Waals surface area (Å²) < 4.78 is 14.7. The standard InChI is InChI=1S/C11H13FN4/c1-8-3-4-9(12)5-10(8)13-6-11-14-7-15-16(11)2/h3-5,7,13H,6H2,1-2H3. The number of halogens is 1. The molecule has 4 nitrogen and oxygen atoms in total. The topological polar surface area (TPSA) is 42.7 Å². The molecule has 0 amide bonds. The first-order valence-electron chi connectivity index (χ1n) is 4.99. The molecule has 5 heteroatoms. The summed E-state index contributed by atoms with van der Waals surface area (Å²) in [5.74, 6) is 0.565. The molecule has 0 saturated heterocycles. The summed E-state index contributed by atoms with van der Waals surface area (Å²) >= 11 is 0. The molecule has 0 aliphatic heterocycles. The van der Waals surface area contributed by atoms with Gasteiger partial charge in [-0.3, -0.25) is 4.68 Å². The molecule has 1 aromatic heterocycles. The predicted molar refractivity (Wildman–Crippen MR) is 59.5 cm³/mol. The van der Waals surface area contributed by atoms with Crippen molar-refractivity contribution in [3.63, 3.8) is 0 Å². The van der Waals surface area contributed by atoms with Gasteiger partial charge in [0.05, 0.1) is 6.54 Å². The van der Waals surface area contributed by atoms with Crippen LogP contribution < -0.4 is 5.32 Å². The number of hydrogen-bond acceptors (Lipinski definition) is 3. The molecule has 0 spiro atoms. The molecule has 0 unspecified atom stereocenters. The normalized spacial score (nSPS) is 10.4. The van der Waals surface area contributed by atoms with Crippen LogP contribution in [0, 0.1) is 12.7 Å². The molecule has 0 aliphatic rings. The summed E-state index contributed by atoms with van der Waals surface area (Å²) in [6.45, 7) is 2.46. The number of benzene rings is 1. The predicted octanol–water partition coefficient (Wildman–Crippen LogP) is 1.87. The van der Waals surface area contributed by atoms with Gasteiger partial charge in [-0.05, 0) is 24.6 Å². The zero-order valence-corrected chi connectivity index (χ0v) is 9.24. The molecule has 0 radical (unpaired) electrons. The van der Waals surface area contributed by atoms with Gasteiger partial charge in [0, 0.05) is 12.7 Å². The van der Waals surface area contributed by atoms with Crippen molar-refractivity contribution in [2.75, 3.05) is 5.32 Å². The lowest BCUT2D eigenvalue weighted by Crippen LogP contribution is -2.07. The molecule has 2 rings (SSSR count). The van der Waals surface area contributed by atoms with Crippen LogP contribution in [0.3, 0.4) is 0 Å². The van der Waals surface area contributed by atoms with Crippen molar-refractivity contribution in [3.05, 3.63) is 41.7 Å². The van der Waals surface area contributed by atoms with E-state index >= 15 is 0 Å². The lowest BCUT2D eigenvalue weighted by molar-refractivity contribution is 0.627. The van der Waals surface area contributed by atoms with Crippen LogP contribution in [-0.2, 0) is 13.6 Å². The Labute approximate surface area is 93.1 Å². The Hall–Kier alpha value is -1.91. The monoisotopic (exact) mass is 220 g/mol. The highest BCUT2D eigenvalue weighted by Gasteiger charge is 2.03. The molecular weight excluding hydrogens is 207 g/mol. The van der Waals surface area contributed by atoms with Gasteiger partial charge >= 0.3 is 0 Å². The van der Waals surface area contributed by atoms with Crippen LogP contribution in [0.15, 0.2) is 24.5 Å². The Kier molecular flexibility index (Phi) is 2.85. The van der Waals surface area contributed by atoms with Crippen molar-refractivity contribution in [1.82, 2.24) is 14.8 Å². The van der Waals surface area contributed by atoms with Crippen molar-refractivity contribution in [1.29, 1.82) is 0 Å². The molecule has 0 fully saturated rings. The highest BCUT2D eigenvalue weighted by Crippen LogP contribution is 2.16. The molecule has 0 atom stereocenters. The molecule has 16 heavy (non-hydrogen) atoms. The Bertz CT molecular complexity index is 492. The zero-order valence-electron chi connectivity index (χ0n) is 9.24. The van der Waals surface area contributed by atoms with Gasteiger partial charge in [-0.1, -0.05) is 6.07 Å². The molecule has 1 aromatic carbocycles. The molecule has 0 saturated carbocycles. The Morgan fingerprint density at radius 1 is 1.44 bits per heavy atom. The first-order chi connectivity index (χ1) is 7.66. The molecule has 2 aromatic rings. The largest absolute Gasteiger partial charge is 0.377 e. The van der Waals surface area contributed by atoms with E-state index in [0.717, 1.165) is 17.1 Å².